The number of nitrogens with zero attached hydrogens (tertiary/aromatic N) is 3. The summed E-state index contributed by atoms with van der Waals surface area (Å²) >= 11 is 0. The van der Waals surface area contributed by atoms with Crippen molar-refractivity contribution in [2.24, 2.45) is 5.92 Å². The molecule has 0 atom stereocenters. The van der Waals surface area contributed by atoms with E-state index in [0.29, 0.717) is 5.82 Å². The van der Waals surface area contributed by atoms with Crippen LogP contribution in [0.4, 0.5) is 11.8 Å². The van der Waals surface area contributed by atoms with Crippen molar-refractivity contribution in [2.75, 3.05) is 11.5 Å². The first-order chi connectivity index (χ1) is 8.22. The molecule has 0 radical (unpaired) electrons. The largest absolute Gasteiger partial charge is 0.383 e. The number of aromatic nitrogens is 4. The van der Waals surface area contributed by atoms with Crippen LogP contribution in [-0.4, -0.2) is 20.2 Å². The van der Waals surface area contributed by atoms with Gasteiger partial charge in [-0.15, -0.1) is 0 Å². The van der Waals surface area contributed by atoms with Crippen LogP contribution in [0.15, 0.2) is 12.3 Å². The molecule has 1 saturated carbocycles. The third-order valence-corrected chi connectivity index (χ3v) is 2.95. The minimum absolute atomic E-state index is 0.181. The Kier molecular flexibility index (Phi) is 2.21. The van der Waals surface area contributed by atoms with Crippen molar-refractivity contribution in [1.82, 2.24) is 20.2 Å². The zero-order chi connectivity index (χ0) is 11.8. The lowest BCUT2D eigenvalue weighted by Gasteiger charge is -2.00. The normalized spacial score (nSPS) is 15.1. The Balaban J connectivity index is 1.89. The smallest absolute Gasteiger partial charge is 0.221 e. The Morgan fingerprint density at radius 3 is 2.88 bits per heavy atom. The number of nitrogen functional groups attached to an aromatic ring is 2. The number of aromatic amines is 1. The summed E-state index contributed by atoms with van der Waals surface area (Å²) in [6, 6.07) is 2.00. The van der Waals surface area contributed by atoms with Crippen molar-refractivity contribution in [2.45, 2.75) is 19.3 Å². The van der Waals surface area contributed by atoms with Crippen molar-refractivity contribution < 1.29 is 0 Å². The van der Waals surface area contributed by atoms with E-state index in [0.717, 1.165) is 29.3 Å². The van der Waals surface area contributed by atoms with Crippen LogP contribution in [0.3, 0.4) is 0 Å². The van der Waals surface area contributed by atoms with E-state index in [1.54, 1.807) is 6.20 Å². The molecule has 5 N–H and O–H groups in total. The van der Waals surface area contributed by atoms with Gasteiger partial charge in [0.1, 0.15) is 5.82 Å². The van der Waals surface area contributed by atoms with Crippen LogP contribution in [0.2, 0.25) is 0 Å². The highest BCUT2D eigenvalue weighted by atomic mass is 15.1. The molecule has 2 aromatic rings. The van der Waals surface area contributed by atoms with Crippen LogP contribution in [0.25, 0.3) is 11.3 Å². The van der Waals surface area contributed by atoms with E-state index in [9.17, 15) is 0 Å². The Labute approximate surface area is 98.5 Å². The van der Waals surface area contributed by atoms with Crippen LogP contribution in [-0.2, 0) is 6.42 Å². The fourth-order valence-corrected chi connectivity index (χ4v) is 1.84. The van der Waals surface area contributed by atoms with Gasteiger partial charge in [-0.3, -0.25) is 5.10 Å². The molecule has 0 aromatic carbocycles. The lowest BCUT2D eigenvalue weighted by Crippen LogP contribution is -2.01. The van der Waals surface area contributed by atoms with Crippen molar-refractivity contribution in [1.29, 1.82) is 0 Å². The predicted molar refractivity (Wildman–Crippen MR) is 64.9 cm³/mol. The van der Waals surface area contributed by atoms with Gasteiger partial charge in [-0.2, -0.15) is 10.1 Å². The Hall–Kier alpha value is -2.11. The molecule has 0 amide bonds. The SMILES string of the molecule is Nc1ncc(-c2cc(CC3CC3)[nH]n2)c(N)n1. The predicted octanol–water partition coefficient (Wildman–Crippen LogP) is 0.984. The zero-order valence-electron chi connectivity index (χ0n) is 9.35. The number of anilines is 2. The quantitative estimate of drug-likeness (QED) is 0.728. The maximum atomic E-state index is 5.79. The van der Waals surface area contributed by atoms with Crippen LogP contribution in [0, 0.1) is 5.92 Å². The second-order valence-electron chi connectivity index (χ2n) is 4.45. The van der Waals surface area contributed by atoms with Crippen molar-refractivity contribution in [3.8, 4) is 11.3 Å². The van der Waals surface area contributed by atoms with E-state index in [-0.39, 0.29) is 5.95 Å². The van der Waals surface area contributed by atoms with E-state index in [1.807, 2.05) is 6.07 Å². The third-order valence-electron chi connectivity index (χ3n) is 2.95. The monoisotopic (exact) mass is 230 g/mol. The maximum Gasteiger partial charge on any atom is 0.221 e. The van der Waals surface area contributed by atoms with Gasteiger partial charge < -0.3 is 11.5 Å². The zero-order valence-corrected chi connectivity index (χ0v) is 9.35. The first-order valence-corrected chi connectivity index (χ1v) is 5.65. The molecule has 2 aromatic heterocycles. The summed E-state index contributed by atoms with van der Waals surface area (Å²) in [5.41, 5.74) is 13.9. The number of hydrogen-bond acceptors (Lipinski definition) is 5. The summed E-state index contributed by atoms with van der Waals surface area (Å²) < 4.78 is 0. The summed E-state index contributed by atoms with van der Waals surface area (Å²) in [5, 5.41) is 7.26. The minimum atomic E-state index is 0.181. The van der Waals surface area contributed by atoms with Crippen LogP contribution >= 0.6 is 0 Å². The summed E-state index contributed by atoms with van der Waals surface area (Å²) in [6.07, 6.45) is 5.31. The molecule has 17 heavy (non-hydrogen) atoms. The van der Waals surface area contributed by atoms with E-state index >= 15 is 0 Å². The molecule has 1 fully saturated rings. The highest BCUT2D eigenvalue weighted by Crippen LogP contribution is 2.33. The molecule has 1 aliphatic carbocycles. The molecule has 0 unspecified atom stereocenters. The lowest BCUT2D eigenvalue weighted by atomic mass is 10.1. The molecular formula is C11H14N6. The van der Waals surface area contributed by atoms with Gasteiger partial charge in [0.15, 0.2) is 0 Å². The summed E-state index contributed by atoms with van der Waals surface area (Å²) in [4.78, 5) is 7.85. The molecular weight excluding hydrogens is 216 g/mol. The maximum absolute atomic E-state index is 5.79. The number of nitrogens with two attached hydrogens (primary N) is 2. The van der Waals surface area contributed by atoms with Gasteiger partial charge in [-0.25, -0.2) is 4.98 Å². The van der Waals surface area contributed by atoms with E-state index in [4.69, 9.17) is 11.5 Å². The summed E-state index contributed by atoms with van der Waals surface area (Å²) in [7, 11) is 0. The Bertz CT molecular complexity index is 543. The molecule has 0 bridgehead atoms. The molecule has 0 saturated heterocycles. The van der Waals surface area contributed by atoms with Crippen molar-refractivity contribution in [3.05, 3.63) is 18.0 Å². The minimum Gasteiger partial charge on any atom is -0.383 e. The Morgan fingerprint density at radius 2 is 2.18 bits per heavy atom. The molecule has 6 nitrogen and oxygen atoms in total. The first-order valence-electron chi connectivity index (χ1n) is 5.65. The average Bonchev–Trinajstić information content (AvgIpc) is 2.96. The van der Waals surface area contributed by atoms with Crippen LogP contribution in [0.5, 0.6) is 0 Å². The topological polar surface area (TPSA) is 106 Å². The number of hydrogen-bond donors (Lipinski definition) is 3. The van der Waals surface area contributed by atoms with Gasteiger partial charge in [-0.1, -0.05) is 0 Å². The van der Waals surface area contributed by atoms with Gasteiger partial charge in [0, 0.05) is 11.9 Å². The fraction of sp³-hybridized carbons (Fsp3) is 0.364. The number of H-pyrrole nitrogens is 1. The second-order valence-corrected chi connectivity index (χ2v) is 4.45. The third kappa shape index (κ3) is 2.06. The van der Waals surface area contributed by atoms with E-state index in [2.05, 4.69) is 20.2 Å². The van der Waals surface area contributed by atoms with Gasteiger partial charge in [0.05, 0.1) is 11.3 Å². The summed E-state index contributed by atoms with van der Waals surface area (Å²) in [6.45, 7) is 0. The van der Waals surface area contributed by atoms with Gasteiger partial charge >= 0.3 is 0 Å². The van der Waals surface area contributed by atoms with Gasteiger partial charge in [0.25, 0.3) is 0 Å². The second kappa shape index (κ2) is 3.73. The van der Waals surface area contributed by atoms with Crippen molar-refractivity contribution >= 4 is 11.8 Å². The van der Waals surface area contributed by atoms with E-state index in [1.165, 1.54) is 12.8 Å². The van der Waals surface area contributed by atoms with Gasteiger partial charge in [0.2, 0.25) is 5.95 Å². The highest BCUT2D eigenvalue weighted by Gasteiger charge is 2.22. The molecule has 1 aliphatic rings. The highest BCUT2D eigenvalue weighted by molar-refractivity contribution is 5.70. The molecule has 0 aliphatic heterocycles. The molecule has 88 valence electrons. The molecule has 0 spiro atoms. The Morgan fingerprint density at radius 1 is 1.35 bits per heavy atom. The fourth-order valence-electron chi connectivity index (χ4n) is 1.84. The van der Waals surface area contributed by atoms with E-state index < -0.39 is 0 Å². The van der Waals surface area contributed by atoms with Crippen LogP contribution < -0.4 is 11.5 Å². The number of rotatable bonds is 3. The summed E-state index contributed by atoms with van der Waals surface area (Å²) in [5.74, 6) is 1.37. The van der Waals surface area contributed by atoms with Crippen LogP contribution in [0.1, 0.15) is 18.5 Å². The number of nitrogens with one attached hydrogen (secondary N) is 1. The lowest BCUT2D eigenvalue weighted by molar-refractivity contribution is 0.796. The first kappa shape index (κ1) is 10.1. The average molecular weight is 230 g/mol. The standard InChI is InChI=1S/C11H14N6/c12-10-8(5-14-11(13)15-10)9-4-7(16-17-9)3-6-1-2-6/h4-6H,1-3H2,(H,16,17)(H4,12,13,14,15). The van der Waals surface area contributed by atoms with Gasteiger partial charge in [-0.05, 0) is 31.2 Å². The molecule has 6 heteroatoms. The molecule has 3 rings (SSSR count). The molecule has 2 heterocycles. The van der Waals surface area contributed by atoms with Crippen molar-refractivity contribution in [3.63, 3.8) is 0 Å².